The lowest BCUT2D eigenvalue weighted by molar-refractivity contribution is -0.118. The number of anilines is 1. The molecule has 3 aromatic carbocycles. The maximum atomic E-state index is 13.4. The molecule has 1 aliphatic heterocycles. The molecule has 1 saturated carbocycles. The average Bonchev–Trinajstić information content (AvgIpc) is 3.36. The number of ketones is 2. The summed E-state index contributed by atoms with van der Waals surface area (Å²) in [6.07, 6.45) is 0. The van der Waals surface area contributed by atoms with Gasteiger partial charge in [-0.3, -0.25) is 14.4 Å². The first kappa shape index (κ1) is 17.6. The molecule has 3 aromatic rings. The number of carbonyl (C=O) groups excluding carboxylic acids is 3. The van der Waals surface area contributed by atoms with Crippen molar-refractivity contribution >= 4 is 23.2 Å². The van der Waals surface area contributed by atoms with Gasteiger partial charge in [0.05, 0.1) is 17.3 Å². The van der Waals surface area contributed by atoms with Gasteiger partial charge in [-0.2, -0.15) is 0 Å². The normalized spacial score (nSPS) is 24.1. The Hall–Kier alpha value is -3.53. The van der Waals surface area contributed by atoms with E-state index < -0.39 is 17.3 Å². The summed E-state index contributed by atoms with van der Waals surface area (Å²) in [5.41, 5.74) is 2.39. The lowest BCUT2D eigenvalue weighted by Crippen LogP contribution is -2.26. The zero-order chi connectivity index (χ0) is 20.2. The van der Waals surface area contributed by atoms with Crippen LogP contribution in [0.2, 0.25) is 0 Å². The molecule has 1 amide bonds. The van der Waals surface area contributed by atoms with Crippen molar-refractivity contribution in [3.8, 4) is 0 Å². The summed E-state index contributed by atoms with van der Waals surface area (Å²) in [4.78, 5) is 40.0. The van der Waals surface area contributed by atoms with Crippen molar-refractivity contribution in [3.05, 3.63) is 101 Å². The number of hydrogen-bond acceptors (Lipinski definition) is 3. The fourth-order valence-electron chi connectivity index (χ4n) is 4.70. The predicted octanol–water partition coefficient (Wildman–Crippen LogP) is 4.20. The van der Waals surface area contributed by atoms with Crippen LogP contribution in [0.3, 0.4) is 0 Å². The second-order valence-electron chi connectivity index (χ2n) is 7.78. The van der Waals surface area contributed by atoms with E-state index in [2.05, 4.69) is 5.32 Å². The third kappa shape index (κ3) is 2.42. The molecular formula is C25H19NO3. The lowest BCUT2D eigenvalue weighted by Gasteiger charge is -2.09. The van der Waals surface area contributed by atoms with Gasteiger partial charge in [-0.1, -0.05) is 78.4 Å². The molecule has 0 aromatic heterocycles. The van der Waals surface area contributed by atoms with Crippen LogP contribution >= 0.6 is 0 Å². The van der Waals surface area contributed by atoms with E-state index in [-0.39, 0.29) is 17.5 Å². The molecule has 2 aliphatic rings. The molecule has 1 aliphatic carbocycles. The molecule has 4 nitrogen and oxygen atoms in total. The van der Waals surface area contributed by atoms with E-state index in [1.54, 1.807) is 36.4 Å². The van der Waals surface area contributed by atoms with Crippen molar-refractivity contribution in [2.75, 3.05) is 5.32 Å². The highest BCUT2D eigenvalue weighted by molar-refractivity contribution is 6.22. The third-order valence-corrected chi connectivity index (χ3v) is 6.16. The minimum absolute atomic E-state index is 0.161. The Morgan fingerprint density at radius 2 is 1.31 bits per heavy atom. The number of amides is 1. The monoisotopic (exact) mass is 381 g/mol. The number of fused-ring (bicyclic) bond motifs is 2. The van der Waals surface area contributed by atoms with Crippen molar-refractivity contribution < 1.29 is 14.4 Å². The molecule has 142 valence electrons. The Balaban J connectivity index is 1.64. The van der Waals surface area contributed by atoms with E-state index >= 15 is 0 Å². The van der Waals surface area contributed by atoms with E-state index in [0.717, 1.165) is 11.1 Å². The highest BCUT2D eigenvalue weighted by Crippen LogP contribution is 2.66. The van der Waals surface area contributed by atoms with Gasteiger partial charge in [-0.25, -0.2) is 0 Å². The number of para-hydroxylation sites is 1. The van der Waals surface area contributed by atoms with Gasteiger partial charge in [-0.05, 0) is 18.6 Å². The van der Waals surface area contributed by atoms with E-state index in [0.29, 0.717) is 16.8 Å². The summed E-state index contributed by atoms with van der Waals surface area (Å²) in [7, 11) is 0. The van der Waals surface area contributed by atoms with Crippen molar-refractivity contribution in [2.45, 2.75) is 12.3 Å². The number of hydrogen-bond donors (Lipinski definition) is 1. The topological polar surface area (TPSA) is 63.2 Å². The minimum Gasteiger partial charge on any atom is -0.325 e. The largest absolute Gasteiger partial charge is 0.325 e. The van der Waals surface area contributed by atoms with Crippen molar-refractivity contribution in [2.24, 2.45) is 11.8 Å². The fourth-order valence-corrected chi connectivity index (χ4v) is 4.70. The summed E-state index contributed by atoms with van der Waals surface area (Å²) in [6.45, 7) is 1.95. The molecule has 0 bridgehead atoms. The molecule has 1 heterocycles. The smallest absolute Gasteiger partial charge is 0.236 e. The molecule has 0 radical (unpaired) electrons. The van der Waals surface area contributed by atoms with Gasteiger partial charge in [0, 0.05) is 16.8 Å². The SMILES string of the molecule is Cc1ccc(C(=O)C2C(C(=O)c3ccccc3)C23C(=O)Nc2ccccc23)cc1. The van der Waals surface area contributed by atoms with Crippen LogP contribution in [0.1, 0.15) is 31.8 Å². The van der Waals surface area contributed by atoms with Gasteiger partial charge in [0.2, 0.25) is 5.91 Å². The van der Waals surface area contributed by atoms with Crippen LogP contribution in [0, 0.1) is 18.8 Å². The number of rotatable bonds is 4. The highest BCUT2D eigenvalue weighted by atomic mass is 16.2. The van der Waals surface area contributed by atoms with Crippen LogP contribution < -0.4 is 5.32 Å². The van der Waals surface area contributed by atoms with Crippen molar-refractivity contribution in [1.29, 1.82) is 0 Å². The number of carbonyl (C=O) groups is 3. The second kappa shape index (κ2) is 6.24. The van der Waals surface area contributed by atoms with E-state index in [9.17, 15) is 14.4 Å². The molecule has 4 heteroatoms. The standard InChI is InChI=1S/C25H19NO3/c1-15-11-13-17(14-12-15)23(28)21-20(22(27)16-7-3-2-4-8-16)25(21)18-9-5-6-10-19(18)26-24(25)29/h2-14,20-21H,1H3,(H,26,29). The van der Waals surface area contributed by atoms with Crippen molar-refractivity contribution in [1.82, 2.24) is 0 Å². The quantitative estimate of drug-likeness (QED) is 0.689. The van der Waals surface area contributed by atoms with Crippen LogP contribution in [0.15, 0.2) is 78.9 Å². The Labute approximate surface area is 168 Å². The Morgan fingerprint density at radius 1 is 0.759 bits per heavy atom. The Bertz CT molecular complexity index is 1150. The number of nitrogens with one attached hydrogen (secondary N) is 1. The molecule has 1 fully saturated rings. The van der Waals surface area contributed by atoms with E-state index in [1.165, 1.54) is 0 Å². The molecule has 3 atom stereocenters. The first-order valence-electron chi connectivity index (χ1n) is 9.66. The molecule has 29 heavy (non-hydrogen) atoms. The Morgan fingerprint density at radius 3 is 1.97 bits per heavy atom. The van der Waals surface area contributed by atoms with Crippen molar-refractivity contribution in [3.63, 3.8) is 0 Å². The first-order chi connectivity index (χ1) is 14.0. The summed E-state index contributed by atoms with van der Waals surface area (Å²) < 4.78 is 0. The zero-order valence-corrected chi connectivity index (χ0v) is 15.9. The van der Waals surface area contributed by atoms with Crippen LogP contribution in [-0.4, -0.2) is 17.5 Å². The average molecular weight is 381 g/mol. The van der Waals surface area contributed by atoms with Crippen LogP contribution in [0.5, 0.6) is 0 Å². The molecule has 1 N–H and O–H groups in total. The fraction of sp³-hybridized carbons (Fsp3) is 0.160. The molecule has 3 unspecified atom stereocenters. The number of benzene rings is 3. The summed E-state index contributed by atoms with van der Waals surface area (Å²) in [5.74, 6) is -2.00. The minimum atomic E-state index is -1.13. The highest BCUT2D eigenvalue weighted by Gasteiger charge is 2.78. The number of aryl methyl sites for hydroxylation is 1. The lowest BCUT2D eigenvalue weighted by atomic mass is 9.90. The second-order valence-corrected chi connectivity index (χ2v) is 7.78. The van der Waals surface area contributed by atoms with Gasteiger partial charge in [0.25, 0.3) is 0 Å². The molecular weight excluding hydrogens is 362 g/mol. The summed E-state index contributed by atoms with van der Waals surface area (Å²) in [5, 5.41) is 2.89. The molecule has 1 spiro atoms. The Kier molecular flexibility index (Phi) is 3.78. The molecule has 5 rings (SSSR count). The molecule has 0 saturated heterocycles. The van der Waals surface area contributed by atoms with Gasteiger partial charge in [0.15, 0.2) is 11.6 Å². The summed E-state index contributed by atoms with van der Waals surface area (Å²) >= 11 is 0. The van der Waals surface area contributed by atoms with Gasteiger partial charge < -0.3 is 5.32 Å². The van der Waals surface area contributed by atoms with Gasteiger partial charge in [-0.15, -0.1) is 0 Å². The van der Waals surface area contributed by atoms with Gasteiger partial charge >= 0.3 is 0 Å². The van der Waals surface area contributed by atoms with E-state index in [4.69, 9.17) is 0 Å². The third-order valence-electron chi connectivity index (χ3n) is 6.16. The zero-order valence-electron chi connectivity index (χ0n) is 15.9. The number of Topliss-reactive ketones (excluding diaryl/α,β-unsaturated/α-hetero) is 2. The van der Waals surface area contributed by atoms with Crippen LogP contribution in [0.25, 0.3) is 0 Å². The van der Waals surface area contributed by atoms with E-state index in [1.807, 2.05) is 49.4 Å². The first-order valence-corrected chi connectivity index (χ1v) is 9.66. The summed E-state index contributed by atoms with van der Waals surface area (Å²) in [6, 6.07) is 23.5. The van der Waals surface area contributed by atoms with Gasteiger partial charge in [0.1, 0.15) is 0 Å². The maximum Gasteiger partial charge on any atom is 0.236 e. The maximum absolute atomic E-state index is 13.4. The van der Waals surface area contributed by atoms with Crippen LogP contribution in [0.4, 0.5) is 5.69 Å². The predicted molar refractivity (Wildman–Crippen MR) is 110 cm³/mol. The van der Waals surface area contributed by atoms with Crippen LogP contribution in [-0.2, 0) is 10.2 Å².